The second-order valence-corrected chi connectivity index (χ2v) is 3.76. The molecule has 0 saturated heterocycles. The zero-order valence-electron chi connectivity index (χ0n) is 7.44. The number of unbranched alkanes of at least 4 members (excludes halogenated alkanes) is 5. The molecule has 0 rings (SSSR count). The summed E-state index contributed by atoms with van der Waals surface area (Å²) >= 11 is 5.55. The van der Waals surface area contributed by atoms with Crippen LogP contribution < -0.4 is 0 Å². The lowest BCUT2D eigenvalue weighted by Crippen LogP contribution is -1.89. The molecule has 0 aromatic heterocycles. The molecule has 68 valence electrons. The highest BCUT2D eigenvalue weighted by atomic mass is 35.5. The van der Waals surface area contributed by atoms with Crippen molar-refractivity contribution in [3.05, 3.63) is 0 Å². The number of alkyl halides is 1. The summed E-state index contributed by atoms with van der Waals surface area (Å²) in [7, 11) is 0.892. The van der Waals surface area contributed by atoms with Crippen LogP contribution in [0.1, 0.15) is 38.5 Å². The molecular formula is C8H19ClOSi. The molecule has 0 N–H and O–H groups in total. The van der Waals surface area contributed by atoms with Crippen LogP contribution in [0.25, 0.3) is 0 Å². The molecule has 0 amide bonds. The Hall–Kier alpha value is 0.467. The predicted octanol–water partition coefficient (Wildman–Crippen LogP) is 1.86. The van der Waals surface area contributed by atoms with Gasteiger partial charge in [-0.15, -0.1) is 11.6 Å². The quantitative estimate of drug-likeness (QED) is 0.326. The molecule has 0 radical (unpaired) electrons. The molecule has 0 atom stereocenters. The fourth-order valence-electron chi connectivity index (χ4n) is 1.05. The SMILES string of the molecule is [SiH3]OCCCCCCCCCl. The van der Waals surface area contributed by atoms with Gasteiger partial charge in [-0.2, -0.15) is 0 Å². The second-order valence-electron chi connectivity index (χ2n) is 2.80. The molecule has 0 spiro atoms. The van der Waals surface area contributed by atoms with Gasteiger partial charge in [0.05, 0.1) is 0 Å². The fourth-order valence-corrected chi connectivity index (χ4v) is 1.53. The highest BCUT2D eigenvalue weighted by Gasteiger charge is 1.89. The third-order valence-electron chi connectivity index (χ3n) is 1.73. The van der Waals surface area contributed by atoms with Crippen LogP contribution in [-0.2, 0) is 4.43 Å². The molecule has 0 saturated carbocycles. The Morgan fingerprint density at radius 3 is 2.00 bits per heavy atom. The minimum Gasteiger partial charge on any atom is -0.428 e. The van der Waals surface area contributed by atoms with E-state index in [2.05, 4.69) is 0 Å². The van der Waals surface area contributed by atoms with Crippen molar-refractivity contribution in [3.8, 4) is 0 Å². The molecule has 0 aromatic rings. The molecule has 0 unspecified atom stereocenters. The molecule has 0 bridgehead atoms. The number of hydrogen-bond donors (Lipinski definition) is 0. The fraction of sp³-hybridized carbons (Fsp3) is 1.00. The smallest absolute Gasteiger partial charge is 0.145 e. The van der Waals surface area contributed by atoms with Crippen molar-refractivity contribution in [2.24, 2.45) is 0 Å². The van der Waals surface area contributed by atoms with E-state index in [9.17, 15) is 0 Å². The van der Waals surface area contributed by atoms with Crippen molar-refractivity contribution in [2.45, 2.75) is 38.5 Å². The van der Waals surface area contributed by atoms with E-state index in [0.717, 1.165) is 23.0 Å². The van der Waals surface area contributed by atoms with Gasteiger partial charge in [0.2, 0.25) is 0 Å². The van der Waals surface area contributed by atoms with Crippen LogP contribution >= 0.6 is 11.6 Å². The van der Waals surface area contributed by atoms with Crippen molar-refractivity contribution in [2.75, 3.05) is 12.5 Å². The molecule has 0 aliphatic carbocycles. The Kier molecular flexibility index (Phi) is 10.9. The first-order valence-corrected chi connectivity index (χ1v) is 5.82. The number of halogens is 1. The molecular weight excluding hydrogens is 176 g/mol. The Bertz CT molecular complexity index is 63.1. The molecule has 1 nitrogen and oxygen atoms in total. The first kappa shape index (κ1) is 11.5. The molecule has 3 heteroatoms. The maximum absolute atomic E-state index is 5.55. The van der Waals surface area contributed by atoms with Crippen LogP contribution in [0.4, 0.5) is 0 Å². The molecule has 0 aliphatic rings. The highest BCUT2D eigenvalue weighted by molar-refractivity contribution is 6.17. The van der Waals surface area contributed by atoms with Gasteiger partial charge in [-0.3, -0.25) is 0 Å². The maximum atomic E-state index is 5.55. The topological polar surface area (TPSA) is 9.23 Å². The van der Waals surface area contributed by atoms with Crippen LogP contribution in [0.5, 0.6) is 0 Å². The summed E-state index contributed by atoms with van der Waals surface area (Å²) in [4.78, 5) is 0. The standard InChI is InChI=1S/C8H19ClOSi/c9-7-5-3-1-2-4-6-8-10-11/h1-8H2,11H3. The van der Waals surface area contributed by atoms with E-state index in [1.165, 1.54) is 38.5 Å². The molecule has 0 fully saturated rings. The second kappa shape index (κ2) is 10.5. The normalized spacial score (nSPS) is 10.6. The van der Waals surface area contributed by atoms with E-state index >= 15 is 0 Å². The first-order chi connectivity index (χ1) is 5.41. The molecule has 0 aliphatic heterocycles. The van der Waals surface area contributed by atoms with Crippen LogP contribution in [0.3, 0.4) is 0 Å². The molecule has 0 aromatic carbocycles. The van der Waals surface area contributed by atoms with Crippen LogP contribution in [0, 0.1) is 0 Å². The monoisotopic (exact) mass is 194 g/mol. The van der Waals surface area contributed by atoms with Crippen molar-refractivity contribution < 1.29 is 4.43 Å². The van der Waals surface area contributed by atoms with Gasteiger partial charge in [-0.05, 0) is 12.8 Å². The van der Waals surface area contributed by atoms with E-state index in [1.54, 1.807) is 0 Å². The maximum Gasteiger partial charge on any atom is 0.145 e. The van der Waals surface area contributed by atoms with E-state index < -0.39 is 0 Å². The van der Waals surface area contributed by atoms with Crippen molar-refractivity contribution >= 4 is 22.1 Å². The first-order valence-electron chi connectivity index (χ1n) is 4.46. The van der Waals surface area contributed by atoms with Gasteiger partial charge in [0.15, 0.2) is 0 Å². The number of rotatable bonds is 8. The summed E-state index contributed by atoms with van der Waals surface area (Å²) in [6.45, 7) is 0.974. The Labute approximate surface area is 78.0 Å². The van der Waals surface area contributed by atoms with E-state index in [0.29, 0.717) is 0 Å². The van der Waals surface area contributed by atoms with E-state index in [4.69, 9.17) is 16.0 Å². The van der Waals surface area contributed by atoms with Crippen LogP contribution in [0.2, 0.25) is 0 Å². The summed E-state index contributed by atoms with van der Waals surface area (Å²) in [6.07, 6.45) is 7.73. The highest BCUT2D eigenvalue weighted by Crippen LogP contribution is 2.05. The predicted molar refractivity (Wildman–Crippen MR) is 54.3 cm³/mol. The summed E-state index contributed by atoms with van der Waals surface area (Å²) in [5.74, 6) is 0.823. The Balaban J connectivity index is 2.69. The summed E-state index contributed by atoms with van der Waals surface area (Å²) in [5.41, 5.74) is 0. The third-order valence-corrected chi connectivity index (χ3v) is 2.41. The summed E-state index contributed by atoms with van der Waals surface area (Å²) in [6, 6.07) is 0. The largest absolute Gasteiger partial charge is 0.428 e. The van der Waals surface area contributed by atoms with Gasteiger partial charge in [-0.25, -0.2) is 0 Å². The zero-order chi connectivity index (χ0) is 8.36. The number of hydrogen-bond acceptors (Lipinski definition) is 1. The van der Waals surface area contributed by atoms with Gasteiger partial charge < -0.3 is 4.43 Å². The lowest BCUT2D eigenvalue weighted by atomic mass is 10.1. The van der Waals surface area contributed by atoms with E-state index in [1.807, 2.05) is 0 Å². The minimum atomic E-state index is 0.823. The zero-order valence-corrected chi connectivity index (χ0v) is 10.2. The van der Waals surface area contributed by atoms with Gasteiger partial charge >= 0.3 is 0 Å². The Morgan fingerprint density at radius 2 is 1.45 bits per heavy atom. The van der Waals surface area contributed by atoms with Gasteiger partial charge in [0, 0.05) is 12.5 Å². The van der Waals surface area contributed by atoms with Gasteiger partial charge in [0.25, 0.3) is 0 Å². The average molecular weight is 195 g/mol. The van der Waals surface area contributed by atoms with Gasteiger partial charge in [0.1, 0.15) is 10.5 Å². The lowest BCUT2D eigenvalue weighted by molar-refractivity contribution is 0.333. The van der Waals surface area contributed by atoms with Gasteiger partial charge in [-0.1, -0.05) is 25.7 Å². The van der Waals surface area contributed by atoms with Crippen LogP contribution in [-0.4, -0.2) is 23.0 Å². The van der Waals surface area contributed by atoms with Crippen LogP contribution in [0.15, 0.2) is 0 Å². The van der Waals surface area contributed by atoms with Crippen molar-refractivity contribution in [1.29, 1.82) is 0 Å². The molecule has 0 heterocycles. The average Bonchev–Trinajstić information content (AvgIpc) is 2.03. The lowest BCUT2D eigenvalue weighted by Gasteiger charge is -1.99. The Morgan fingerprint density at radius 1 is 0.909 bits per heavy atom. The third kappa shape index (κ3) is 10.5. The summed E-state index contributed by atoms with van der Waals surface area (Å²) < 4.78 is 5.09. The van der Waals surface area contributed by atoms with E-state index in [-0.39, 0.29) is 0 Å². The molecule has 11 heavy (non-hydrogen) atoms. The van der Waals surface area contributed by atoms with Crippen molar-refractivity contribution in [3.63, 3.8) is 0 Å². The minimum absolute atomic E-state index is 0.823. The summed E-state index contributed by atoms with van der Waals surface area (Å²) in [5, 5.41) is 0. The van der Waals surface area contributed by atoms with Crippen molar-refractivity contribution in [1.82, 2.24) is 0 Å².